The Bertz CT molecular complexity index is 874. The minimum atomic E-state index is 0.0414. The number of fused-ring (bicyclic) bond motifs is 1. The zero-order valence-corrected chi connectivity index (χ0v) is 16.9. The second-order valence-electron chi connectivity index (χ2n) is 6.53. The number of halogens is 1. The number of aryl methyl sites for hydroxylation is 1. The highest BCUT2D eigenvalue weighted by molar-refractivity contribution is 7.16. The molecular weight excluding hydrogens is 382 g/mol. The molecule has 5 nitrogen and oxygen atoms in total. The Hall–Kier alpha value is -1.89. The molecule has 2 aliphatic rings. The fourth-order valence-electron chi connectivity index (χ4n) is 3.42. The van der Waals surface area contributed by atoms with Crippen LogP contribution >= 0.6 is 22.9 Å². The maximum Gasteiger partial charge on any atom is 0.325 e. The van der Waals surface area contributed by atoms with Crippen molar-refractivity contribution in [3.05, 3.63) is 51.4 Å². The summed E-state index contributed by atoms with van der Waals surface area (Å²) >= 11 is 8.14. The third-order valence-corrected chi connectivity index (χ3v) is 6.48. The van der Waals surface area contributed by atoms with Gasteiger partial charge in [-0.2, -0.15) is 0 Å². The van der Waals surface area contributed by atoms with E-state index in [-0.39, 0.29) is 6.03 Å². The van der Waals surface area contributed by atoms with Crippen LogP contribution in [0.15, 0.2) is 35.3 Å². The lowest BCUT2D eigenvalue weighted by atomic mass is 10.0. The van der Waals surface area contributed by atoms with Crippen molar-refractivity contribution in [2.24, 2.45) is 4.99 Å². The normalized spacial score (nSPS) is 17.3. The van der Waals surface area contributed by atoms with Gasteiger partial charge in [-0.1, -0.05) is 36.7 Å². The molecule has 0 bridgehead atoms. The molecule has 4 rings (SSSR count). The van der Waals surface area contributed by atoms with E-state index in [2.05, 4.69) is 13.0 Å². The van der Waals surface area contributed by atoms with Gasteiger partial charge in [-0.15, -0.1) is 11.3 Å². The smallest absolute Gasteiger partial charge is 0.325 e. The van der Waals surface area contributed by atoms with Crippen molar-refractivity contribution in [2.45, 2.75) is 13.3 Å². The zero-order valence-electron chi connectivity index (χ0n) is 15.3. The van der Waals surface area contributed by atoms with Gasteiger partial charge in [0.05, 0.1) is 25.5 Å². The van der Waals surface area contributed by atoms with Gasteiger partial charge in [0.15, 0.2) is 0 Å². The Morgan fingerprint density at radius 2 is 2.00 bits per heavy atom. The van der Waals surface area contributed by atoms with Crippen molar-refractivity contribution in [1.82, 2.24) is 4.90 Å². The number of hydrogen-bond donors (Lipinski definition) is 0. The molecule has 27 heavy (non-hydrogen) atoms. The van der Waals surface area contributed by atoms with Gasteiger partial charge in [0, 0.05) is 40.7 Å². The first-order valence-electron chi connectivity index (χ1n) is 9.25. The number of morpholine rings is 1. The number of benzene rings is 1. The second kappa shape index (κ2) is 8.00. The Morgan fingerprint density at radius 3 is 2.74 bits per heavy atom. The van der Waals surface area contributed by atoms with Crippen molar-refractivity contribution in [3.63, 3.8) is 0 Å². The Morgan fingerprint density at radius 1 is 1.22 bits per heavy atom. The molecule has 0 spiro atoms. The van der Waals surface area contributed by atoms with E-state index >= 15 is 0 Å². The predicted octanol–water partition coefficient (Wildman–Crippen LogP) is 4.07. The summed E-state index contributed by atoms with van der Waals surface area (Å²) in [5.74, 6) is 0. The highest BCUT2D eigenvalue weighted by atomic mass is 35.5. The number of amides is 2. The van der Waals surface area contributed by atoms with E-state index in [1.165, 1.54) is 4.88 Å². The number of carbonyl (C=O) groups is 1. The van der Waals surface area contributed by atoms with Gasteiger partial charge in [0.1, 0.15) is 5.00 Å². The van der Waals surface area contributed by atoms with Crippen LogP contribution in [0, 0.1) is 0 Å². The highest BCUT2D eigenvalue weighted by Gasteiger charge is 2.30. The number of nitrogens with zero attached hydrogens (tertiary/aromatic N) is 3. The molecule has 0 radical (unpaired) electrons. The molecule has 1 fully saturated rings. The SMILES string of the molecule is CCc1cc2c(s1)N(C(=O)N1CCOCC1)CCN=C2c1ccccc1Cl. The molecular formula is C20H22ClN3O2S. The number of hydrogen-bond acceptors (Lipinski definition) is 4. The topological polar surface area (TPSA) is 45.1 Å². The molecule has 2 amide bonds. The average molecular weight is 404 g/mol. The zero-order chi connectivity index (χ0) is 18.8. The van der Waals surface area contributed by atoms with E-state index in [1.54, 1.807) is 11.3 Å². The van der Waals surface area contributed by atoms with E-state index in [0.717, 1.165) is 28.3 Å². The van der Waals surface area contributed by atoms with Crippen LogP contribution in [0.25, 0.3) is 0 Å². The van der Waals surface area contributed by atoms with Crippen LogP contribution in [-0.4, -0.2) is 56.0 Å². The number of aliphatic imine (C=N–C) groups is 1. The van der Waals surface area contributed by atoms with Crippen molar-refractivity contribution < 1.29 is 9.53 Å². The Labute approximate surface area is 168 Å². The summed E-state index contributed by atoms with van der Waals surface area (Å²) in [6.45, 7) is 5.71. The number of carbonyl (C=O) groups excluding carboxylic acids is 1. The average Bonchev–Trinajstić information content (AvgIpc) is 3.05. The predicted molar refractivity (Wildman–Crippen MR) is 111 cm³/mol. The first kappa shape index (κ1) is 18.5. The summed E-state index contributed by atoms with van der Waals surface area (Å²) in [7, 11) is 0. The van der Waals surface area contributed by atoms with Crippen LogP contribution in [0.1, 0.15) is 22.9 Å². The van der Waals surface area contributed by atoms with Crippen molar-refractivity contribution in [1.29, 1.82) is 0 Å². The van der Waals surface area contributed by atoms with Gasteiger partial charge in [-0.05, 0) is 18.6 Å². The molecule has 0 atom stereocenters. The summed E-state index contributed by atoms with van der Waals surface area (Å²) in [5, 5.41) is 1.65. The third-order valence-electron chi connectivity index (χ3n) is 4.85. The van der Waals surface area contributed by atoms with Crippen molar-refractivity contribution >= 4 is 39.7 Å². The van der Waals surface area contributed by atoms with Crippen LogP contribution in [0.5, 0.6) is 0 Å². The molecule has 0 aliphatic carbocycles. The summed E-state index contributed by atoms with van der Waals surface area (Å²) in [6.07, 6.45) is 0.924. The van der Waals surface area contributed by atoms with Crippen molar-refractivity contribution in [3.8, 4) is 0 Å². The maximum absolute atomic E-state index is 13.2. The Kier molecular flexibility index (Phi) is 5.48. The number of ether oxygens (including phenoxy) is 1. The minimum absolute atomic E-state index is 0.0414. The molecule has 142 valence electrons. The van der Waals surface area contributed by atoms with Gasteiger partial charge in [0.2, 0.25) is 0 Å². The minimum Gasteiger partial charge on any atom is -0.378 e. The lowest BCUT2D eigenvalue weighted by Crippen LogP contribution is -2.48. The van der Waals surface area contributed by atoms with Crippen LogP contribution in [0.4, 0.5) is 9.80 Å². The molecule has 7 heteroatoms. The van der Waals surface area contributed by atoms with Gasteiger partial charge in [-0.3, -0.25) is 9.89 Å². The lowest BCUT2D eigenvalue weighted by molar-refractivity contribution is 0.0549. The number of thiophene rings is 1. The fraction of sp³-hybridized carbons (Fsp3) is 0.400. The van der Waals surface area contributed by atoms with E-state index in [4.69, 9.17) is 21.3 Å². The lowest BCUT2D eigenvalue weighted by Gasteiger charge is -2.32. The molecule has 1 saturated heterocycles. The molecule has 1 aromatic heterocycles. The largest absolute Gasteiger partial charge is 0.378 e. The van der Waals surface area contributed by atoms with Gasteiger partial charge in [0.25, 0.3) is 0 Å². The standard InChI is InChI=1S/C20H22ClN3O2S/c1-2-14-13-16-18(15-5-3-4-6-17(15)21)22-7-8-24(19(16)27-14)20(25)23-9-11-26-12-10-23/h3-6,13H,2,7-12H2,1H3. The summed E-state index contributed by atoms with van der Waals surface area (Å²) < 4.78 is 5.39. The summed E-state index contributed by atoms with van der Waals surface area (Å²) in [4.78, 5) is 23.0. The summed E-state index contributed by atoms with van der Waals surface area (Å²) in [5.41, 5.74) is 2.80. The monoisotopic (exact) mass is 403 g/mol. The van der Waals surface area contributed by atoms with Crippen LogP contribution in [0.2, 0.25) is 5.02 Å². The van der Waals surface area contributed by atoms with Gasteiger partial charge in [-0.25, -0.2) is 4.79 Å². The van der Waals surface area contributed by atoms with Crippen LogP contribution < -0.4 is 4.90 Å². The Balaban J connectivity index is 1.75. The summed E-state index contributed by atoms with van der Waals surface area (Å²) in [6, 6.07) is 9.97. The number of urea groups is 1. The molecule has 1 aromatic carbocycles. The molecule has 0 unspecified atom stereocenters. The molecule has 2 aliphatic heterocycles. The fourth-order valence-corrected chi connectivity index (χ4v) is 4.76. The van der Waals surface area contributed by atoms with E-state index in [9.17, 15) is 4.79 Å². The first-order chi connectivity index (χ1) is 13.2. The first-order valence-corrected chi connectivity index (χ1v) is 10.4. The van der Waals surface area contributed by atoms with Gasteiger partial charge < -0.3 is 9.64 Å². The van der Waals surface area contributed by atoms with Crippen molar-refractivity contribution in [2.75, 3.05) is 44.3 Å². The van der Waals surface area contributed by atoms with Crippen LogP contribution in [0.3, 0.4) is 0 Å². The quantitative estimate of drug-likeness (QED) is 0.758. The molecule has 3 heterocycles. The van der Waals surface area contributed by atoms with E-state index in [0.29, 0.717) is 44.4 Å². The third kappa shape index (κ3) is 3.61. The molecule has 2 aromatic rings. The molecule has 0 N–H and O–H groups in total. The van der Waals surface area contributed by atoms with E-state index in [1.807, 2.05) is 34.1 Å². The second-order valence-corrected chi connectivity index (χ2v) is 8.05. The highest BCUT2D eigenvalue weighted by Crippen LogP contribution is 2.37. The van der Waals surface area contributed by atoms with E-state index < -0.39 is 0 Å². The van der Waals surface area contributed by atoms with Gasteiger partial charge >= 0.3 is 6.03 Å². The maximum atomic E-state index is 13.2. The van der Waals surface area contributed by atoms with Crippen LogP contribution in [-0.2, 0) is 11.2 Å². The number of anilines is 1. The molecule has 0 saturated carbocycles. The number of rotatable bonds is 2.